The Balaban J connectivity index is 2.06. The van der Waals surface area contributed by atoms with Gasteiger partial charge in [0.1, 0.15) is 22.4 Å². The maximum Gasteiger partial charge on any atom is 0.320 e. The molecular formula is C44H59N5O8. The van der Waals surface area contributed by atoms with E-state index in [1.165, 1.54) is 0 Å². The van der Waals surface area contributed by atoms with Crippen molar-refractivity contribution in [2.75, 3.05) is 31.9 Å². The Hall–Kier alpha value is -5.32. The van der Waals surface area contributed by atoms with Crippen LogP contribution in [0.4, 0.5) is 5.69 Å². The van der Waals surface area contributed by atoms with E-state index in [0.717, 1.165) is 5.56 Å². The van der Waals surface area contributed by atoms with Crippen molar-refractivity contribution in [1.82, 2.24) is 19.8 Å². The van der Waals surface area contributed by atoms with Crippen molar-refractivity contribution >= 4 is 29.6 Å². The molecule has 2 aromatic heterocycles. The molecule has 2 N–H and O–H groups in total. The Morgan fingerprint density at radius 1 is 0.526 bits per heavy atom. The third-order valence-corrected chi connectivity index (χ3v) is 7.07. The van der Waals surface area contributed by atoms with Crippen molar-refractivity contribution < 1.29 is 38.1 Å². The normalized spacial score (nSPS) is 12.1. The van der Waals surface area contributed by atoms with Crippen molar-refractivity contribution in [3.63, 3.8) is 0 Å². The van der Waals surface area contributed by atoms with Gasteiger partial charge < -0.3 is 24.7 Å². The number of ether oxygens (including phenoxy) is 4. The Bertz CT molecular complexity index is 1880. The van der Waals surface area contributed by atoms with Gasteiger partial charge in [0.05, 0.1) is 49.0 Å². The fourth-order valence-electron chi connectivity index (χ4n) is 5.31. The molecule has 0 bridgehead atoms. The molecule has 0 spiro atoms. The highest BCUT2D eigenvalue weighted by Crippen LogP contribution is 2.21. The molecule has 0 fully saturated rings. The number of rotatable bonds is 13. The zero-order valence-electron chi connectivity index (χ0n) is 35.6. The van der Waals surface area contributed by atoms with Crippen molar-refractivity contribution in [2.45, 2.75) is 119 Å². The number of pyridine rings is 2. The molecule has 0 saturated carbocycles. The minimum Gasteiger partial charge on any atom is -0.459 e. The van der Waals surface area contributed by atoms with E-state index in [1.807, 2.05) is 18.2 Å². The van der Waals surface area contributed by atoms with E-state index >= 15 is 0 Å². The van der Waals surface area contributed by atoms with Gasteiger partial charge in [-0.05, 0) is 132 Å². The molecule has 308 valence electrons. The molecule has 13 heteroatoms. The molecule has 13 nitrogen and oxygen atoms in total. The smallest absolute Gasteiger partial charge is 0.320 e. The van der Waals surface area contributed by atoms with E-state index in [0.29, 0.717) is 34.0 Å². The summed E-state index contributed by atoms with van der Waals surface area (Å²) in [6, 6.07) is 16.1. The number of carbonyl (C=O) groups is 4. The first-order valence-electron chi connectivity index (χ1n) is 18.9. The largest absolute Gasteiger partial charge is 0.459 e. The number of nitrogens with zero attached hydrogens (tertiary/aromatic N) is 4. The third kappa shape index (κ3) is 18.9. The van der Waals surface area contributed by atoms with E-state index in [2.05, 4.69) is 11.8 Å². The lowest BCUT2D eigenvalue weighted by Crippen LogP contribution is -2.39. The van der Waals surface area contributed by atoms with Crippen LogP contribution in [0.3, 0.4) is 0 Å². The van der Waals surface area contributed by atoms with Crippen molar-refractivity contribution in [2.24, 2.45) is 0 Å². The van der Waals surface area contributed by atoms with Crippen LogP contribution in [-0.4, -0.2) is 92.2 Å². The molecule has 1 aromatic carbocycles. The van der Waals surface area contributed by atoms with Gasteiger partial charge in [0.25, 0.3) is 0 Å². The van der Waals surface area contributed by atoms with Crippen LogP contribution in [0.15, 0.2) is 54.6 Å². The number of nitrogens with two attached hydrogens (primary N) is 1. The van der Waals surface area contributed by atoms with Gasteiger partial charge in [-0.15, -0.1) is 0 Å². The van der Waals surface area contributed by atoms with Crippen LogP contribution < -0.4 is 5.73 Å². The average molecular weight is 786 g/mol. The first-order chi connectivity index (χ1) is 26.2. The zero-order chi connectivity index (χ0) is 42.8. The standard InChI is InChI=1S/C44H59N5O8/c1-41(2,3)54-37(50)26-48(27-38(51)55-42(4,5)6)24-33-14-13-15-35(46-33)36-23-31(17-16-30-18-20-32(45)21-19-30)22-34(47-36)25-49(28-39(52)56-43(7,8)9)29-40(53)57-44(10,11)12/h13-15,18-23H,24-29,45H2,1-12H3. The zero-order valence-corrected chi connectivity index (χ0v) is 35.6. The highest BCUT2D eigenvalue weighted by molar-refractivity contribution is 5.76. The second-order valence-corrected chi connectivity index (χ2v) is 17.8. The SMILES string of the molecule is CC(C)(C)OC(=O)CN(CC(=O)OC(C)(C)C)Cc1cccc(-c2cc(C#Cc3ccc(N)cc3)cc(CN(CC(=O)OC(C)(C)C)CC(=O)OC(C)(C)C)n2)n1. The van der Waals surface area contributed by atoms with Crippen LogP contribution in [0.2, 0.25) is 0 Å². The van der Waals surface area contributed by atoms with Crippen molar-refractivity contribution in [1.29, 1.82) is 0 Å². The fourth-order valence-corrected chi connectivity index (χ4v) is 5.31. The molecule has 57 heavy (non-hydrogen) atoms. The number of benzene rings is 1. The van der Waals surface area contributed by atoms with Crippen LogP contribution in [0.25, 0.3) is 11.4 Å². The summed E-state index contributed by atoms with van der Waals surface area (Å²) >= 11 is 0. The van der Waals surface area contributed by atoms with Crippen LogP contribution in [0, 0.1) is 11.8 Å². The fraction of sp³-hybridized carbons (Fsp3) is 0.500. The molecule has 3 rings (SSSR count). The van der Waals surface area contributed by atoms with Gasteiger partial charge >= 0.3 is 23.9 Å². The molecule has 0 aliphatic heterocycles. The molecule has 0 unspecified atom stereocenters. The molecule has 0 atom stereocenters. The lowest BCUT2D eigenvalue weighted by Gasteiger charge is -2.26. The molecule has 0 radical (unpaired) electrons. The summed E-state index contributed by atoms with van der Waals surface area (Å²) in [6.45, 7) is 20.7. The van der Waals surface area contributed by atoms with Gasteiger partial charge in [-0.3, -0.25) is 29.0 Å². The summed E-state index contributed by atoms with van der Waals surface area (Å²) in [5.74, 6) is 4.35. The van der Waals surface area contributed by atoms with Crippen LogP contribution >= 0.6 is 0 Å². The summed E-state index contributed by atoms with van der Waals surface area (Å²) < 4.78 is 22.3. The summed E-state index contributed by atoms with van der Waals surface area (Å²) in [4.78, 5) is 64.9. The van der Waals surface area contributed by atoms with Gasteiger partial charge in [-0.1, -0.05) is 17.9 Å². The summed E-state index contributed by atoms with van der Waals surface area (Å²) in [5, 5.41) is 0. The van der Waals surface area contributed by atoms with E-state index in [9.17, 15) is 19.2 Å². The van der Waals surface area contributed by atoms with Crippen LogP contribution in [0.5, 0.6) is 0 Å². The summed E-state index contributed by atoms with van der Waals surface area (Å²) in [5.41, 5.74) is 6.96. The molecule has 0 amide bonds. The Morgan fingerprint density at radius 3 is 1.33 bits per heavy atom. The van der Waals surface area contributed by atoms with Gasteiger partial charge in [0.2, 0.25) is 0 Å². The molecule has 0 saturated heterocycles. The number of carbonyl (C=O) groups excluding carboxylic acids is 4. The average Bonchev–Trinajstić information content (AvgIpc) is 3.00. The number of esters is 4. The third-order valence-electron chi connectivity index (χ3n) is 7.07. The molecule has 0 aliphatic rings. The lowest BCUT2D eigenvalue weighted by atomic mass is 10.1. The highest BCUT2D eigenvalue weighted by atomic mass is 16.6. The number of hydrogen-bond acceptors (Lipinski definition) is 13. The Morgan fingerprint density at radius 2 is 0.912 bits per heavy atom. The van der Waals surface area contributed by atoms with Gasteiger partial charge in [-0.25, -0.2) is 9.97 Å². The quantitative estimate of drug-likeness (QED) is 0.0917. The number of hydrogen-bond donors (Lipinski definition) is 1. The van der Waals surface area contributed by atoms with E-state index < -0.39 is 46.3 Å². The van der Waals surface area contributed by atoms with E-state index in [-0.39, 0.29) is 39.3 Å². The first kappa shape index (κ1) is 46.1. The Kier molecular flexibility index (Phi) is 15.5. The van der Waals surface area contributed by atoms with Crippen molar-refractivity contribution in [3.05, 3.63) is 77.1 Å². The Labute approximate surface area is 337 Å². The minimum atomic E-state index is -0.732. The minimum absolute atomic E-state index is 0.0715. The van der Waals surface area contributed by atoms with Crippen LogP contribution in [-0.2, 0) is 51.2 Å². The first-order valence-corrected chi connectivity index (χ1v) is 18.9. The van der Waals surface area contributed by atoms with E-state index in [1.54, 1.807) is 129 Å². The maximum atomic E-state index is 13.0. The number of anilines is 1. The summed E-state index contributed by atoms with van der Waals surface area (Å²) in [6.07, 6.45) is 0. The predicted octanol–water partition coefficient (Wildman–Crippen LogP) is 6.10. The van der Waals surface area contributed by atoms with Crippen molar-refractivity contribution in [3.8, 4) is 23.2 Å². The topological polar surface area (TPSA) is 163 Å². The summed E-state index contributed by atoms with van der Waals surface area (Å²) in [7, 11) is 0. The maximum absolute atomic E-state index is 13.0. The number of aromatic nitrogens is 2. The molecule has 3 aromatic rings. The lowest BCUT2D eigenvalue weighted by molar-refractivity contribution is -0.162. The van der Waals surface area contributed by atoms with E-state index in [4.69, 9.17) is 34.6 Å². The second-order valence-electron chi connectivity index (χ2n) is 17.8. The number of nitrogen functional groups attached to an aromatic ring is 1. The van der Waals surface area contributed by atoms with Gasteiger partial charge in [-0.2, -0.15) is 0 Å². The highest BCUT2D eigenvalue weighted by Gasteiger charge is 2.26. The van der Waals surface area contributed by atoms with Crippen LogP contribution in [0.1, 0.15) is 106 Å². The van der Waals surface area contributed by atoms with Gasteiger partial charge in [0, 0.05) is 29.9 Å². The molecule has 2 heterocycles. The molecular weight excluding hydrogens is 727 g/mol. The molecule has 0 aliphatic carbocycles. The van der Waals surface area contributed by atoms with Gasteiger partial charge in [0.15, 0.2) is 0 Å². The predicted molar refractivity (Wildman–Crippen MR) is 218 cm³/mol. The monoisotopic (exact) mass is 785 g/mol. The second kappa shape index (κ2) is 19.2.